The van der Waals surface area contributed by atoms with Crippen LogP contribution in [0.3, 0.4) is 0 Å². The SMILES string of the molecule is Cc1nc(C(=O)N2CCc3cc4ccc3C2c2cccc(c2)OCCCNC(=O)Cc2ccc(F)c(c2)O4)co1. The van der Waals surface area contributed by atoms with Crippen molar-refractivity contribution in [2.45, 2.75) is 32.2 Å². The lowest BCUT2D eigenvalue weighted by molar-refractivity contribution is -0.120. The van der Waals surface area contributed by atoms with Crippen LogP contribution in [0.5, 0.6) is 17.2 Å². The minimum Gasteiger partial charge on any atom is -0.494 e. The van der Waals surface area contributed by atoms with Crippen molar-refractivity contribution >= 4 is 11.8 Å². The Bertz CT molecular complexity index is 1580. The molecule has 1 atom stereocenters. The Morgan fingerprint density at radius 3 is 2.85 bits per heavy atom. The van der Waals surface area contributed by atoms with Crippen molar-refractivity contribution in [1.29, 1.82) is 0 Å². The van der Waals surface area contributed by atoms with Crippen LogP contribution < -0.4 is 14.8 Å². The molecule has 204 valence electrons. The molecule has 0 saturated heterocycles. The fourth-order valence-electron chi connectivity index (χ4n) is 5.23. The molecule has 1 aromatic heterocycles. The van der Waals surface area contributed by atoms with E-state index in [-0.39, 0.29) is 29.7 Å². The lowest BCUT2D eigenvalue weighted by Crippen LogP contribution is -2.40. The third kappa shape index (κ3) is 5.27. The average molecular weight is 542 g/mol. The van der Waals surface area contributed by atoms with Gasteiger partial charge >= 0.3 is 0 Å². The minimum atomic E-state index is -0.515. The Morgan fingerprint density at radius 2 is 2.00 bits per heavy atom. The van der Waals surface area contributed by atoms with E-state index in [0.717, 1.165) is 16.7 Å². The maximum absolute atomic E-state index is 14.7. The van der Waals surface area contributed by atoms with Crippen LogP contribution in [0.2, 0.25) is 0 Å². The molecule has 7 rings (SSSR count). The first kappa shape index (κ1) is 25.6. The Labute approximate surface area is 230 Å². The van der Waals surface area contributed by atoms with Gasteiger partial charge in [0, 0.05) is 20.0 Å². The number of rotatable bonds is 1. The first-order valence-electron chi connectivity index (χ1n) is 13.3. The number of ether oxygens (including phenoxy) is 2. The highest BCUT2D eigenvalue weighted by molar-refractivity contribution is 5.93. The molecule has 1 N–H and O–H groups in total. The molecular weight excluding hydrogens is 513 g/mol. The van der Waals surface area contributed by atoms with Crippen molar-refractivity contribution in [2.24, 2.45) is 0 Å². The maximum Gasteiger partial charge on any atom is 0.276 e. The van der Waals surface area contributed by atoms with Crippen LogP contribution in [0.1, 0.15) is 51.1 Å². The summed E-state index contributed by atoms with van der Waals surface area (Å²) in [7, 11) is 0. The number of carbonyl (C=O) groups is 2. The highest BCUT2D eigenvalue weighted by Crippen LogP contribution is 2.39. The summed E-state index contributed by atoms with van der Waals surface area (Å²) in [5.74, 6) is 0.710. The number of fused-ring (bicyclic) bond motifs is 7. The van der Waals surface area contributed by atoms with Crippen molar-refractivity contribution in [3.05, 3.63) is 107 Å². The normalized spacial score (nSPS) is 17.1. The van der Waals surface area contributed by atoms with Gasteiger partial charge in [-0.2, -0.15) is 0 Å². The van der Waals surface area contributed by atoms with Crippen LogP contribution in [0.15, 0.2) is 71.3 Å². The van der Waals surface area contributed by atoms with Gasteiger partial charge in [0.05, 0.1) is 19.1 Å². The number of carbonyl (C=O) groups excluding carboxylic acids is 2. The van der Waals surface area contributed by atoms with Gasteiger partial charge in [-0.25, -0.2) is 9.37 Å². The van der Waals surface area contributed by atoms with Crippen LogP contribution in [-0.2, 0) is 17.6 Å². The molecule has 9 heteroatoms. The van der Waals surface area contributed by atoms with Gasteiger partial charge in [0.15, 0.2) is 23.2 Å². The number of hydrogen-bond acceptors (Lipinski definition) is 6. The lowest BCUT2D eigenvalue weighted by atomic mass is 9.87. The first-order chi connectivity index (χ1) is 19.4. The van der Waals surface area contributed by atoms with Crippen LogP contribution in [0, 0.1) is 12.7 Å². The summed E-state index contributed by atoms with van der Waals surface area (Å²) in [6.07, 6.45) is 2.68. The summed E-state index contributed by atoms with van der Waals surface area (Å²) in [5, 5.41) is 2.88. The quantitative estimate of drug-likeness (QED) is 0.359. The summed E-state index contributed by atoms with van der Waals surface area (Å²) >= 11 is 0. The monoisotopic (exact) mass is 541 g/mol. The van der Waals surface area contributed by atoms with Crippen LogP contribution in [0.25, 0.3) is 0 Å². The topological polar surface area (TPSA) is 93.9 Å². The number of hydrogen-bond donors (Lipinski definition) is 1. The molecule has 8 bridgehead atoms. The third-order valence-corrected chi connectivity index (χ3v) is 7.12. The number of benzene rings is 3. The summed E-state index contributed by atoms with van der Waals surface area (Å²) in [6, 6.07) is 17.3. The Morgan fingerprint density at radius 1 is 1.10 bits per heavy atom. The number of aryl methyl sites for hydroxylation is 1. The summed E-state index contributed by atoms with van der Waals surface area (Å²) < 4.78 is 32.0. The predicted octanol–water partition coefficient (Wildman–Crippen LogP) is 5.14. The summed E-state index contributed by atoms with van der Waals surface area (Å²) in [4.78, 5) is 32.1. The molecule has 0 spiro atoms. The van der Waals surface area contributed by atoms with Gasteiger partial charge in [0.1, 0.15) is 17.8 Å². The third-order valence-electron chi connectivity index (χ3n) is 7.12. The molecule has 0 saturated carbocycles. The minimum absolute atomic E-state index is 0.0508. The molecule has 3 aliphatic rings. The zero-order valence-electron chi connectivity index (χ0n) is 22.0. The molecule has 1 unspecified atom stereocenters. The summed E-state index contributed by atoms with van der Waals surface area (Å²) in [5.41, 5.74) is 3.70. The van der Waals surface area contributed by atoms with Gasteiger partial charge in [-0.15, -0.1) is 0 Å². The number of aromatic nitrogens is 1. The van der Waals surface area contributed by atoms with E-state index < -0.39 is 11.9 Å². The largest absolute Gasteiger partial charge is 0.494 e. The number of nitrogens with one attached hydrogen (secondary N) is 1. The van der Waals surface area contributed by atoms with E-state index in [1.807, 2.05) is 36.4 Å². The fourth-order valence-corrected chi connectivity index (χ4v) is 5.23. The van der Waals surface area contributed by atoms with Gasteiger partial charge in [-0.05, 0) is 71.5 Å². The van der Waals surface area contributed by atoms with E-state index in [1.165, 1.54) is 12.3 Å². The van der Waals surface area contributed by atoms with E-state index in [2.05, 4.69) is 10.3 Å². The lowest BCUT2D eigenvalue weighted by Gasteiger charge is -2.37. The molecule has 4 aromatic rings. The molecule has 8 nitrogen and oxygen atoms in total. The highest BCUT2D eigenvalue weighted by atomic mass is 19.1. The van der Waals surface area contributed by atoms with Crippen molar-refractivity contribution in [3.63, 3.8) is 0 Å². The van der Waals surface area contributed by atoms with Crippen molar-refractivity contribution in [3.8, 4) is 17.2 Å². The zero-order chi connectivity index (χ0) is 27.6. The number of amides is 2. The van der Waals surface area contributed by atoms with Gasteiger partial charge in [-0.3, -0.25) is 9.59 Å². The van der Waals surface area contributed by atoms with Crippen LogP contribution in [-0.4, -0.2) is 41.4 Å². The van der Waals surface area contributed by atoms with Gasteiger partial charge in [-0.1, -0.05) is 24.3 Å². The zero-order valence-corrected chi connectivity index (χ0v) is 22.0. The molecule has 3 aromatic carbocycles. The Balaban J connectivity index is 1.42. The predicted molar refractivity (Wildman–Crippen MR) is 144 cm³/mol. The van der Waals surface area contributed by atoms with E-state index in [1.54, 1.807) is 30.0 Å². The Hall–Kier alpha value is -4.66. The second kappa shape index (κ2) is 10.8. The molecule has 4 heterocycles. The number of nitrogens with zero attached hydrogens (tertiary/aromatic N) is 2. The smallest absolute Gasteiger partial charge is 0.276 e. The maximum atomic E-state index is 14.7. The van der Waals surface area contributed by atoms with E-state index in [0.29, 0.717) is 55.5 Å². The average Bonchev–Trinajstić information content (AvgIpc) is 3.39. The number of halogens is 1. The van der Waals surface area contributed by atoms with Crippen molar-refractivity contribution in [2.75, 3.05) is 19.7 Å². The highest BCUT2D eigenvalue weighted by Gasteiger charge is 2.34. The molecular formula is C31H28FN3O5. The van der Waals surface area contributed by atoms with Crippen molar-refractivity contribution < 1.29 is 27.9 Å². The number of oxazole rings is 1. The molecule has 3 aliphatic heterocycles. The fraction of sp³-hybridized carbons (Fsp3) is 0.258. The standard InChI is InChI=1S/C31H28FN3O5/c1-19-34-27(18-39-19)31(37)35-12-10-21-16-24-7-8-25(21)30(35)22-4-2-5-23(17-22)38-13-3-11-33-29(36)15-20-6-9-26(32)28(14-20)40-24/h2,4-9,14,16-18,30H,3,10-13,15H2,1H3,(H,33,36). The molecule has 40 heavy (non-hydrogen) atoms. The summed E-state index contributed by atoms with van der Waals surface area (Å²) in [6.45, 7) is 2.99. The molecule has 0 radical (unpaired) electrons. The van der Waals surface area contributed by atoms with Gasteiger partial charge < -0.3 is 24.1 Å². The van der Waals surface area contributed by atoms with E-state index >= 15 is 0 Å². The second-order valence-electron chi connectivity index (χ2n) is 9.93. The molecule has 0 aliphatic carbocycles. The van der Waals surface area contributed by atoms with Crippen LogP contribution >= 0.6 is 0 Å². The Kier molecular flexibility index (Phi) is 6.94. The van der Waals surface area contributed by atoms with E-state index in [9.17, 15) is 14.0 Å². The van der Waals surface area contributed by atoms with Crippen molar-refractivity contribution in [1.82, 2.24) is 15.2 Å². The second-order valence-corrected chi connectivity index (χ2v) is 9.93. The van der Waals surface area contributed by atoms with Crippen LogP contribution in [0.4, 0.5) is 4.39 Å². The molecule has 0 fully saturated rings. The van der Waals surface area contributed by atoms with E-state index in [4.69, 9.17) is 13.9 Å². The molecule has 2 amide bonds. The van der Waals surface area contributed by atoms with Gasteiger partial charge in [0.25, 0.3) is 5.91 Å². The first-order valence-corrected chi connectivity index (χ1v) is 13.3. The van der Waals surface area contributed by atoms with Gasteiger partial charge in [0.2, 0.25) is 5.91 Å².